The molecule has 1 aliphatic rings. The van der Waals surface area contributed by atoms with Crippen molar-refractivity contribution in [1.82, 2.24) is 0 Å². The van der Waals surface area contributed by atoms with Gasteiger partial charge in [0.1, 0.15) is 11.2 Å². The Morgan fingerprint density at radius 2 is 1.71 bits per heavy atom. The number of aryl methyl sites for hydroxylation is 1. The smallest absolute Gasteiger partial charge is 0.214 e. The summed E-state index contributed by atoms with van der Waals surface area (Å²) in [4.78, 5) is 4.58. The largest absolute Gasteiger partial charge is 0.456 e. The number of aromatic nitrogens is 1. The fourth-order valence-electron chi connectivity index (χ4n) is 5.02. The highest BCUT2D eigenvalue weighted by molar-refractivity contribution is 6.06. The van der Waals surface area contributed by atoms with Crippen molar-refractivity contribution in [3.05, 3.63) is 120 Å². The summed E-state index contributed by atoms with van der Waals surface area (Å²) in [5.41, 5.74) is 10.5. The maximum atomic E-state index is 6.27. The third kappa shape index (κ3) is 3.12. The van der Waals surface area contributed by atoms with Gasteiger partial charge in [0.05, 0.1) is 11.3 Å². The van der Waals surface area contributed by atoms with Crippen molar-refractivity contribution in [1.29, 1.82) is 0 Å². The van der Waals surface area contributed by atoms with Crippen LogP contribution in [0.15, 0.2) is 107 Å². The van der Waals surface area contributed by atoms with Crippen LogP contribution < -0.4 is 4.57 Å². The number of furan rings is 1. The standard InChI is InChI=1S/C31H25N2O/c1-19(2)18-32-21(4)22-9-5-6-11-24(22)31-27-17-30-26(23-10-7-8-12-29(23)34-30)16-25(27)28-15-20(3)13-14-33(28)31/h5-18,31H,1,4H2,2-3H3/q+1/t31-/m1/s1. The molecule has 0 unspecified atom stereocenters. The molecule has 0 radical (unpaired) electrons. The van der Waals surface area contributed by atoms with E-state index in [2.05, 4.69) is 90.4 Å². The van der Waals surface area contributed by atoms with E-state index in [9.17, 15) is 0 Å². The highest BCUT2D eigenvalue weighted by Crippen LogP contribution is 2.43. The molecule has 3 nitrogen and oxygen atoms in total. The second kappa shape index (κ2) is 7.67. The number of para-hydroxylation sites is 1. The molecule has 3 heterocycles. The van der Waals surface area contributed by atoms with Gasteiger partial charge in [0.2, 0.25) is 11.7 Å². The molecule has 3 heteroatoms. The van der Waals surface area contributed by atoms with Gasteiger partial charge in [-0.3, -0.25) is 4.99 Å². The minimum Gasteiger partial charge on any atom is -0.456 e. The zero-order valence-electron chi connectivity index (χ0n) is 19.4. The quantitative estimate of drug-likeness (QED) is 0.207. The third-order valence-corrected chi connectivity index (χ3v) is 6.55. The van der Waals surface area contributed by atoms with E-state index < -0.39 is 0 Å². The molecule has 0 saturated carbocycles. The van der Waals surface area contributed by atoms with Crippen LogP contribution in [-0.2, 0) is 0 Å². The molecule has 3 aromatic carbocycles. The van der Waals surface area contributed by atoms with Crippen molar-refractivity contribution >= 4 is 33.9 Å². The van der Waals surface area contributed by atoms with Gasteiger partial charge in [0.15, 0.2) is 6.20 Å². The number of benzene rings is 3. The predicted molar refractivity (Wildman–Crippen MR) is 140 cm³/mol. The van der Waals surface area contributed by atoms with Gasteiger partial charge >= 0.3 is 0 Å². The van der Waals surface area contributed by atoms with Crippen LogP contribution in [0.4, 0.5) is 0 Å². The SMILES string of the molecule is C=C(C)C=NC(=C)c1ccccc1[C@@H]1c2cc3oc4ccccc4c3cc2-c2cc(C)cc[n+]21. The molecule has 34 heavy (non-hydrogen) atoms. The molecule has 0 saturated heterocycles. The Morgan fingerprint density at radius 3 is 2.56 bits per heavy atom. The number of rotatable bonds is 4. The Balaban J connectivity index is 1.62. The molecule has 0 aliphatic carbocycles. The molecule has 164 valence electrons. The van der Waals surface area contributed by atoms with Gasteiger partial charge in [0.25, 0.3) is 0 Å². The Hall–Kier alpha value is -4.24. The van der Waals surface area contributed by atoms with E-state index >= 15 is 0 Å². The van der Waals surface area contributed by atoms with E-state index in [4.69, 9.17) is 4.42 Å². The van der Waals surface area contributed by atoms with Gasteiger partial charge in [-0.25, -0.2) is 0 Å². The molecule has 1 atom stereocenters. The molecule has 5 aromatic rings. The second-order valence-corrected chi connectivity index (χ2v) is 9.07. The Labute approximate surface area is 199 Å². The van der Waals surface area contributed by atoms with Gasteiger partial charge < -0.3 is 4.42 Å². The summed E-state index contributed by atoms with van der Waals surface area (Å²) >= 11 is 0. The van der Waals surface area contributed by atoms with Crippen LogP contribution in [0.5, 0.6) is 0 Å². The molecule has 0 amide bonds. The van der Waals surface area contributed by atoms with Crippen LogP contribution in [0.1, 0.15) is 35.2 Å². The van der Waals surface area contributed by atoms with Crippen LogP contribution in [0.2, 0.25) is 0 Å². The maximum Gasteiger partial charge on any atom is 0.214 e. The van der Waals surface area contributed by atoms with E-state index in [1.807, 2.05) is 25.1 Å². The maximum absolute atomic E-state index is 6.27. The molecule has 0 N–H and O–H groups in total. The first-order chi connectivity index (χ1) is 16.5. The Morgan fingerprint density at radius 1 is 0.912 bits per heavy atom. The predicted octanol–water partition coefficient (Wildman–Crippen LogP) is 7.42. The number of hydrogen-bond donors (Lipinski definition) is 0. The number of pyridine rings is 1. The van der Waals surface area contributed by atoms with E-state index in [1.165, 1.54) is 22.4 Å². The highest BCUT2D eigenvalue weighted by atomic mass is 16.3. The molecule has 0 fully saturated rings. The molecule has 1 aliphatic heterocycles. The van der Waals surface area contributed by atoms with E-state index in [0.717, 1.165) is 44.3 Å². The van der Waals surface area contributed by atoms with Crippen LogP contribution in [-0.4, -0.2) is 6.21 Å². The van der Waals surface area contributed by atoms with E-state index in [1.54, 1.807) is 6.21 Å². The molecule has 2 aromatic heterocycles. The van der Waals surface area contributed by atoms with Gasteiger partial charge in [-0.05, 0) is 43.2 Å². The monoisotopic (exact) mass is 441 g/mol. The lowest BCUT2D eigenvalue weighted by Gasteiger charge is -2.14. The lowest BCUT2D eigenvalue weighted by molar-refractivity contribution is -0.688. The molecule has 0 spiro atoms. The molecular weight excluding hydrogens is 416 g/mol. The molecule has 0 bridgehead atoms. The average Bonchev–Trinajstić information content (AvgIpc) is 3.35. The summed E-state index contributed by atoms with van der Waals surface area (Å²) in [5.74, 6) is 0. The van der Waals surface area contributed by atoms with Crippen molar-refractivity contribution in [2.75, 3.05) is 0 Å². The second-order valence-electron chi connectivity index (χ2n) is 9.07. The van der Waals surface area contributed by atoms with Crippen molar-refractivity contribution < 1.29 is 8.98 Å². The minimum atomic E-state index is -0.00353. The molecular formula is C31H25N2O+. The topological polar surface area (TPSA) is 29.4 Å². The normalized spacial score (nSPS) is 14.6. The Bertz CT molecular complexity index is 1670. The van der Waals surface area contributed by atoms with Gasteiger partial charge in [0, 0.05) is 45.8 Å². The minimum absolute atomic E-state index is 0.00353. The fraction of sp³-hybridized carbons (Fsp3) is 0.0968. The van der Waals surface area contributed by atoms with Crippen molar-refractivity contribution in [3.63, 3.8) is 0 Å². The molecule has 6 rings (SSSR count). The van der Waals surface area contributed by atoms with Crippen molar-refractivity contribution in [2.24, 2.45) is 4.99 Å². The van der Waals surface area contributed by atoms with Crippen molar-refractivity contribution in [2.45, 2.75) is 19.9 Å². The van der Waals surface area contributed by atoms with Crippen LogP contribution in [0.25, 0.3) is 38.9 Å². The lowest BCUT2D eigenvalue weighted by atomic mass is 9.92. The Kier molecular flexibility index (Phi) is 4.59. The van der Waals surface area contributed by atoms with Gasteiger partial charge in [-0.2, -0.15) is 4.57 Å². The van der Waals surface area contributed by atoms with E-state index in [0.29, 0.717) is 0 Å². The first-order valence-corrected chi connectivity index (χ1v) is 11.5. The lowest BCUT2D eigenvalue weighted by Crippen LogP contribution is -2.38. The summed E-state index contributed by atoms with van der Waals surface area (Å²) < 4.78 is 8.62. The van der Waals surface area contributed by atoms with Gasteiger partial charge in [-0.15, -0.1) is 0 Å². The number of allylic oxidation sites excluding steroid dienone is 1. The summed E-state index contributed by atoms with van der Waals surface area (Å²) in [5, 5.41) is 2.29. The van der Waals surface area contributed by atoms with Gasteiger partial charge in [-0.1, -0.05) is 55.6 Å². The van der Waals surface area contributed by atoms with Crippen LogP contribution >= 0.6 is 0 Å². The average molecular weight is 442 g/mol. The summed E-state index contributed by atoms with van der Waals surface area (Å²) in [6.45, 7) is 12.3. The van der Waals surface area contributed by atoms with E-state index in [-0.39, 0.29) is 6.04 Å². The number of hydrogen-bond acceptors (Lipinski definition) is 2. The highest BCUT2D eigenvalue weighted by Gasteiger charge is 2.39. The number of aliphatic imine (C=N–C) groups is 1. The number of fused-ring (bicyclic) bond motifs is 6. The van der Waals surface area contributed by atoms with Crippen LogP contribution in [0, 0.1) is 6.92 Å². The summed E-state index contributed by atoms with van der Waals surface area (Å²) in [6, 6.07) is 25.6. The third-order valence-electron chi connectivity index (χ3n) is 6.55. The summed E-state index contributed by atoms with van der Waals surface area (Å²) in [7, 11) is 0. The zero-order chi connectivity index (χ0) is 23.4. The first-order valence-electron chi connectivity index (χ1n) is 11.5. The van der Waals surface area contributed by atoms with Crippen molar-refractivity contribution in [3.8, 4) is 11.3 Å². The first kappa shape index (κ1) is 20.4. The number of nitrogens with zero attached hydrogens (tertiary/aromatic N) is 2. The zero-order valence-corrected chi connectivity index (χ0v) is 19.4. The summed E-state index contributed by atoms with van der Waals surface area (Å²) in [6.07, 6.45) is 3.95. The fourth-order valence-corrected chi connectivity index (χ4v) is 5.02. The van der Waals surface area contributed by atoms with Crippen LogP contribution in [0.3, 0.4) is 0 Å².